The molecule has 0 unspecified atom stereocenters. The first-order valence-corrected chi connectivity index (χ1v) is 4.55. The summed E-state index contributed by atoms with van der Waals surface area (Å²) in [6, 6.07) is 2.54. The lowest BCUT2D eigenvalue weighted by Gasteiger charge is -2.07. The molecule has 0 aliphatic heterocycles. The number of hydrogen-bond donors (Lipinski definition) is 2. The number of nitro benzene ring substituents is 1. The van der Waals surface area contributed by atoms with Gasteiger partial charge in [0.05, 0.1) is 22.2 Å². The normalized spacial score (nSPS) is 10.0. The maximum atomic E-state index is 10.6. The average molecular weight is 232 g/mol. The van der Waals surface area contributed by atoms with E-state index in [0.717, 1.165) is 0 Å². The molecule has 1 aromatic rings. The molecule has 0 radical (unpaired) electrons. The summed E-state index contributed by atoms with van der Waals surface area (Å²) in [6.45, 7) is 2.18. The van der Waals surface area contributed by atoms with E-state index in [9.17, 15) is 10.1 Å². The molecule has 82 valence electrons. The Balaban J connectivity index is 3.06. The first kappa shape index (κ1) is 11.5. The number of rotatable bonds is 4. The van der Waals surface area contributed by atoms with E-state index in [4.69, 9.17) is 22.2 Å². The second-order valence-electron chi connectivity index (χ2n) is 2.68. The van der Waals surface area contributed by atoms with Crippen LogP contribution in [0.2, 0.25) is 5.02 Å². The van der Waals surface area contributed by atoms with Crippen LogP contribution in [-0.2, 0) is 4.84 Å². The summed E-state index contributed by atoms with van der Waals surface area (Å²) in [6.07, 6.45) is 0. The fourth-order valence-electron chi connectivity index (χ4n) is 0.963. The van der Waals surface area contributed by atoms with Crippen LogP contribution in [0.1, 0.15) is 6.92 Å². The van der Waals surface area contributed by atoms with Gasteiger partial charge in [0.15, 0.2) is 0 Å². The third-order valence-electron chi connectivity index (χ3n) is 1.64. The molecule has 0 spiro atoms. The minimum atomic E-state index is -0.581. The molecule has 7 heteroatoms. The van der Waals surface area contributed by atoms with Crippen LogP contribution in [0.15, 0.2) is 12.1 Å². The number of benzene rings is 1. The number of nitrogens with two attached hydrogens (primary N) is 1. The molecule has 0 fully saturated rings. The highest BCUT2D eigenvalue weighted by molar-refractivity contribution is 6.33. The van der Waals surface area contributed by atoms with Crippen LogP contribution in [-0.4, -0.2) is 11.5 Å². The quantitative estimate of drug-likeness (QED) is 0.471. The van der Waals surface area contributed by atoms with Crippen LogP contribution in [0.4, 0.5) is 17.1 Å². The van der Waals surface area contributed by atoms with Gasteiger partial charge in [-0.25, -0.2) is 0 Å². The molecule has 1 aromatic carbocycles. The lowest BCUT2D eigenvalue weighted by molar-refractivity contribution is -0.383. The fourth-order valence-corrected chi connectivity index (χ4v) is 1.17. The third-order valence-corrected chi connectivity index (χ3v) is 1.95. The zero-order valence-corrected chi connectivity index (χ0v) is 8.75. The van der Waals surface area contributed by atoms with E-state index in [2.05, 4.69) is 5.48 Å². The summed E-state index contributed by atoms with van der Waals surface area (Å²) in [5, 5.41) is 10.8. The first-order valence-electron chi connectivity index (χ1n) is 4.17. The number of nitrogens with one attached hydrogen (secondary N) is 1. The summed E-state index contributed by atoms with van der Waals surface area (Å²) in [5.41, 5.74) is 8.05. The Labute approximate surface area is 91.1 Å². The molecule has 0 heterocycles. The summed E-state index contributed by atoms with van der Waals surface area (Å²) >= 11 is 5.80. The van der Waals surface area contributed by atoms with Gasteiger partial charge in [-0.1, -0.05) is 11.6 Å². The largest absolute Gasteiger partial charge is 0.393 e. The molecule has 0 saturated heterocycles. The summed E-state index contributed by atoms with van der Waals surface area (Å²) in [5.74, 6) is 0. The van der Waals surface area contributed by atoms with E-state index in [1.807, 2.05) is 0 Å². The monoisotopic (exact) mass is 231 g/mol. The van der Waals surface area contributed by atoms with Crippen LogP contribution in [0, 0.1) is 10.1 Å². The van der Waals surface area contributed by atoms with Gasteiger partial charge in [-0.2, -0.15) is 0 Å². The van der Waals surface area contributed by atoms with Gasteiger partial charge < -0.3 is 5.73 Å². The summed E-state index contributed by atoms with van der Waals surface area (Å²) in [4.78, 5) is 14.9. The highest BCUT2D eigenvalue weighted by Gasteiger charge is 2.15. The molecule has 15 heavy (non-hydrogen) atoms. The lowest BCUT2D eigenvalue weighted by atomic mass is 10.2. The van der Waals surface area contributed by atoms with Crippen LogP contribution in [0.3, 0.4) is 0 Å². The maximum Gasteiger partial charge on any atom is 0.294 e. The number of halogens is 1. The second kappa shape index (κ2) is 4.81. The van der Waals surface area contributed by atoms with Crippen molar-refractivity contribution in [3.05, 3.63) is 27.3 Å². The van der Waals surface area contributed by atoms with Gasteiger partial charge >= 0.3 is 0 Å². The first-order chi connectivity index (χ1) is 7.06. The van der Waals surface area contributed by atoms with E-state index in [1.54, 1.807) is 6.92 Å². The molecular formula is C8H10ClN3O3. The van der Waals surface area contributed by atoms with Crippen molar-refractivity contribution in [2.75, 3.05) is 17.8 Å². The Morgan fingerprint density at radius 1 is 1.67 bits per heavy atom. The number of nitrogens with zero attached hydrogens (tertiary/aromatic N) is 1. The van der Waals surface area contributed by atoms with Crippen molar-refractivity contribution >= 4 is 28.7 Å². The van der Waals surface area contributed by atoms with Crippen molar-refractivity contribution in [3.63, 3.8) is 0 Å². The number of anilines is 2. The average Bonchev–Trinajstić information content (AvgIpc) is 2.16. The Morgan fingerprint density at radius 2 is 2.33 bits per heavy atom. The van der Waals surface area contributed by atoms with Crippen molar-refractivity contribution < 1.29 is 9.76 Å². The van der Waals surface area contributed by atoms with Gasteiger partial charge in [0.25, 0.3) is 5.69 Å². The maximum absolute atomic E-state index is 10.6. The topological polar surface area (TPSA) is 90.4 Å². The summed E-state index contributed by atoms with van der Waals surface area (Å²) in [7, 11) is 0. The number of hydrogen-bond acceptors (Lipinski definition) is 5. The second-order valence-corrected chi connectivity index (χ2v) is 3.09. The number of nitro groups is 1. The van der Waals surface area contributed by atoms with Crippen molar-refractivity contribution in [1.29, 1.82) is 0 Å². The van der Waals surface area contributed by atoms with Gasteiger partial charge in [-0.3, -0.25) is 20.4 Å². The molecule has 6 nitrogen and oxygen atoms in total. The van der Waals surface area contributed by atoms with Gasteiger partial charge in [0.2, 0.25) is 0 Å². The Hall–Kier alpha value is -1.53. The van der Waals surface area contributed by atoms with E-state index < -0.39 is 4.92 Å². The molecule has 0 aliphatic carbocycles. The van der Waals surface area contributed by atoms with Crippen molar-refractivity contribution in [3.8, 4) is 0 Å². The van der Waals surface area contributed by atoms with Crippen LogP contribution in [0.5, 0.6) is 0 Å². The van der Waals surface area contributed by atoms with E-state index >= 15 is 0 Å². The van der Waals surface area contributed by atoms with Crippen molar-refractivity contribution in [1.82, 2.24) is 0 Å². The third kappa shape index (κ3) is 2.71. The molecule has 0 aliphatic rings. The summed E-state index contributed by atoms with van der Waals surface area (Å²) < 4.78 is 0. The standard InChI is InChI=1S/C8H10ClN3O3/c1-2-15-11-7-4-8(12(13)14)6(10)3-5(7)9/h3-4,11H,2,10H2,1H3. The smallest absolute Gasteiger partial charge is 0.294 e. The molecule has 0 aromatic heterocycles. The molecule has 0 bridgehead atoms. The van der Waals surface area contributed by atoms with Gasteiger partial charge in [-0.15, -0.1) is 0 Å². The number of nitrogen functional groups attached to an aromatic ring is 1. The zero-order valence-electron chi connectivity index (χ0n) is 7.99. The van der Waals surface area contributed by atoms with Crippen molar-refractivity contribution in [2.45, 2.75) is 6.92 Å². The lowest BCUT2D eigenvalue weighted by Crippen LogP contribution is -2.03. The molecule has 0 atom stereocenters. The van der Waals surface area contributed by atoms with Gasteiger partial charge in [-0.05, 0) is 13.0 Å². The SMILES string of the molecule is CCONc1cc([N+](=O)[O-])c(N)cc1Cl. The van der Waals surface area contributed by atoms with Gasteiger partial charge in [0.1, 0.15) is 5.69 Å². The van der Waals surface area contributed by atoms with E-state index in [-0.39, 0.29) is 16.4 Å². The Bertz CT molecular complexity index is 384. The zero-order chi connectivity index (χ0) is 11.4. The van der Waals surface area contributed by atoms with E-state index in [1.165, 1.54) is 12.1 Å². The van der Waals surface area contributed by atoms with Crippen molar-refractivity contribution in [2.24, 2.45) is 0 Å². The van der Waals surface area contributed by atoms with E-state index in [0.29, 0.717) is 12.3 Å². The highest BCUT2D eigenvalue weighted by atomic mass is 35.5. The Morgan fingerprint density at radius 3 is 2.87 bits per heavy atom. The Kier molecular flexibility index (Phi) is 3.70. The highest BCUT2D eigenvalue weighted by Crippen LogP contribution is 2.32. The van der Waals surface area contributed by atoms with Crippen LogP contribution < -0.4 is 11.2 Å². The fraction of sp³-hybridized carbons (Fsp3) is 0.250. The minimum absolute atomic E-state index is 0.0204. The van der Waals surface area contributed by atoms with Crippen LogP contribution >= 0.6 is 11.6 Å². The predicted octanol–water partition coefficient (Wildman–Crippen LogP) is 2.19. The molecule has 1 rings (SSSR count). The predicted molar refractivity (Wildman–Crippen MR) is 57.8 cm³/mol. The molecule has 3 N–H and O–H groups in total. The molecule has 0 amide bonds. The minimum Gasteiger partial charge on any atom is -0.393 e. The molecule has 0 saturated carbocycles. The van der Waals surface area contributed by atoms with Gasteiger partial charge in [0, 0.05) is 6.07 Å². The van der Waals surface area contributed by atoms with Crippen LogP contribution in [0.25, 0.3) is 0 Å². The molecular weight excluding hydrogens is 222 g/mol.